The van der Waals surface area contributed by atoms with E-state index in [0.717, 1.165) is 37.6 Å². The van der Waals surface area contributed by atoms with Crippen molar-refractivity contribution in [1.29, 1.82) is 0 Å². The number of hydrogen-bond acceptors (Lipinski definition) is 5. The Balaban J connectivity index is 1.70. The van der Waals surface area contributed by atoms with Gasteiger partial charge in [-0.1, -0.05) is 0 Å². The third-order valence-corrected chi connectivity index (χ3v) is 4.13. The summed E-state index contributed by atoms with van der Waals surface area (Å²) in [6.07, 6.45) is 4.06. The second-order valence-electron chi connectivity index (χ2n) is 5.66. The predicted molar refractivity (Wildman–Crippen MR) is 77.4 cm³/mol. The Labute approximate surface area is 118 Å². The van der Waals surface area contributed by atoms with Crippen molar-refractivity contribution >= 4 is 17.5 Å². The van der Waals surface area contributed by atoms with Gasteiger partial charge in [-0.25, -0.2) is 9.97 Å². The number of carbonyl (C=O) groups excluding carboxylic acids is 1. The Morgan fingerprint density at radius 1 is 1.30 bits per heavy atom. The topological polar surface area (TPSA) is 84.1 Å². The molecule has 0 spiro atoms. The molecule has 1 saturated carbocycles. The van der Waals surface area contributed by atoms with Crippen LogP contribution in [0.15, 0.2) is 6.07 Å². The highest BCUT2D eigenvalue weighted by Crippen LogP contribution is 2.39. The molecule has 2 fully saturated rings. The largest absolute Gasteiger partial charge is 0.384 e. The number of rotatable bonds is 3. The molecule has 1 saturated heterocycles. The lowest BCUT2D eigenvalue weighted by atomic mass is 9.96. The Morgan fingerprint density at radius 3 is 2.60 bits per heavy atom. The van der Waals surface area contributed by atoms with Gasteiger partial charge in [0.15, 0.2) is 0 Å². The lowest BCUT2D eigenvalue weighted by molar-refractivity contribution is -0.125. The molecule has 6 nitrogen and oxygen atoms in total. The molecular formula is C14H21N5O. The summed E-state index contributed by atoms with van der Waals surface area (Å²) in [5.74, 6) is 3.11. The van der Waals surface area contributed by atoms with Crippen LogP contribution in [0.1, 0.15) is 37.4 Å². The SMILES string of the molecule is CNC(=O)C1CCN(c2cc(N)nc(C3CC3)n2)CC1. The van der Waals surface area contributed by atoms with Crippen LogP contribution in [0.4, 0.5) is 11.6 Å². The number of aromatic nitrogens is 2. The molecule has 108 valence electrons. The van der Waals surface area contributed by atoms with Crippen LogP contribution in [0.25, 0.3) is 0 Å². The van der Waals surface area contributed by atoms with Crippen molar-refractivity contribution in [1.82, 2.24) is 15.3 Å². The molecule has 1 aromatic heterocycles. The zero-order valence-corrected chi connectivity index (χ0v) is 11.8. The standard InChI is InChI=1S/C14H21N5O/c1-16-14(20)10-4-6-19(7-5-10)12-8-11(15)17-13(18-12)9-2-3-9/h8-10H,2-7H2,1H3,(H,16,20)(H2,15,17,18). The molecule has 20 heavy (non-hydrogen) atoms. The fourth-order valence-corrected chi connectivity index (χ4v) is 2.73. The zero-order chi connectivity index (χ0) is 14.1. The van der Waals surface area contributed by atoms with Gasteiger partial charge in [0.1, 0.15) is 17.5 Å². The van der Waals surface area contributed by atoms with E-state index in [2.05, 4.69) is 20.2 Å². The number of piperidine rings is 1. The van der Waals surface area contributed by atoms with Crippen molar-refractivity contribution in [3.8, 4) is 0 Å². The van der Waals surface area contributed by atoms with Crippen molar-refractivity contribution in [2.45, 2.75) is 31.6 Å². The van der Waals surface area contributed by atoms with Crippen LogP contribution in [-0.4, -0.2) is 36.0 Å². The molecule has 1 aromatic rings. The van der Waals surface area contributed by atoms with E-state index in [1.807, 2.05) is 6.07 Å². The Hall–Kier alpha value is -1.85. The lowest BCUT2D eigenvalue weighted by Crippen LogP contribution is -2.40. The minimum absolute atomic E-state index is 0.123. The molecule has 0 aromatic carbocycles. The summed E-state index contributed by atoms with van der Waals surface area (Å²) in [4.78, 5) is 22.8. The zero-order valence-electron chi connectivity index (χ0n) is 11.8. The summed E-state index contributed by atoms with van der Waals surface area (Å²) < 4.78 is 0. The maximum atomic E-state index is 11.6. The highest BCUT2D eigenvalue weighted by atomic mass is 16.1. The van der Waals surface area contributed by atoms with Gasteiger partial charge in [-0.3, -0.25) is 4.79 Å². The molecule has 0 atom stereocenters. The molecule has 3 rings (SSSR count). The third kappa shape index (κ3) is 2.69. The van der Waals surface area contributed by atoms with E-state index in [-0.39, 0.29) is 11.8 Å². The average molecular weight is 275 g/mol. The summed E-state index contributed by atoms with van der Waals surface area (Å²) in [5.41, 5.74) is 5.89. The fourth-order valence-electron chi connectivity index (χ4n) is 2.73. The maximum absolute atomic E-state index is 11.6. The molecule has 0 radical (unpaired) electrons. The number of carbonyl (C=O) groups is 1. The number of nitrogens with zero attached hydrogens (tertiary/aromatic N) is 3. The van der Waals surface area contributed by atoms with E-state index >= 15 is 0 Å². The monoisotopic (exact) mass is 275 g/mol. The van der Waals surface area contributed by atoms with Crippen molar-refractivity contribution in [2.24, 2.45) is 5.92 Å². The van der Waals surface area contributed by atoms with E-state index < -0.39 is 0 Å². The van der Waals surface area contributed by atoms with Crippen molar-refractivity contribution < 1.29 is 4.79 Å². The fraction of sp³-hybridized carbons (Fsp3) is 0.643. The van der Waals surface area contributed by atoms with E-state index in [9.17, 15) is 4.79 Å². The van der Waals surface area contributed by atoms with Crippen LogP contribution in [0.2, 0.25) is 0 Å². The first-order valence-electron chi connectivity index (χ1n) is 7.28. The normalized spacial score (nSPS) is 19.9. The molecule has 3 N–H and O–H groups in total. The minimum Gasteiger partial charge on any atom is -0.384 e. The van der Waals surface area contributed by atoms with Crippen LogP contribution in [0.3, 0.4) is 0 Å². The summed E-state index contributed by atoms with van der Waals surface area (Å²) in [7, 11) is 1.70. The molecule has 1 aliphatic heterocycles. The van der Waals surface area contributed by atoms with Crippen LogP contribution in [0.5, 0.6) is 0 Å². The molecule has 1 amide bonds. The first kappa shape index (κ1) is 13.1. The van der Waals surface area contributed by atoms with Gasteiger partial charge in [-0.2, -0.15) is 0 Å². The van der Waals surface area contributed by atoms with Gasteiger partial charge in [-0.05, 0) is 25.7 Å². The first-order valence-corrected chi connectivity index (χ1v) is 7.28. The molecule has 0 bridgehead atoms. The van der Waals surface area contributed by atoms with Gasteiger partial charge in [0.25, 0.3) is 0 Å². The van der Waals surface area contributed by atoms with E-state index in [4.69, 9.17) is 5.73 Å². The molecule has 1 aliphatic carbocycles. The van der Waals surface area contributed by atoms with Gasteiger partial charge in [0, 0.05) is 38.0 Å². The number of nitrogen functional groups attached to an aromatic ring is 1. The summed E-state index contributed by atoms with van der Waals surface area (Å²) in [6.45, 7) is 1.69. The average Bonchev–Trinajstić information content (AvgIpc) is 3.30. The van der Waals surface area contributed by atoms with Crippen molar-refractivity contribution in [3.63, 3.8) is 0 Å². The van der Waals surface area contributed by atoms with Crippen LogP contribution >= 0.6 is 0 Å². The first-order chi connectivity index (χ1) is 9.67. The minimum atomic E-state index is 0.123. The van der Waals surface area contributed by atoms with Crippen LogP contribution in [-0.2, 0) is 4.79 Å². The smallest absolute Gasteiger partial charge is 0.222 e. The van der Waals surface area contributed by atoms with Crippen LogP contribution in [0, 0.1) is 5.92 Å². The van der Waals surface area contributed by atoms with E-state index in [0.29, 0.717) is 11.7 Å². The quantitative estimate of drug-likeness (QED) is 0.856. The second-order valence-corrected chi connectivity index (χ2v) is 5.66. The third-order valence-electron chi connectivity index (χ3n) is 4.13. The molecular weight excluding hydrogens is 254 g/mol. The summed E-state index contributed by atoms with van der Waals surface area (Å²) in [5, 5.41) is 2.73. The number of nitrogens with two attached hydrogens (primary N) is 1. The Morgan fingerprint density at radius 2 is 2.00 bits per heavy atom. The molecule has 6 heteroatoms. The highest BCUT2D eigenvalue weighted by molar-refractivity contribution is 5.78. The number of amides is 1. The number of nitrogens with one attached hydrogen (secondary N) is 1. The Bertz CT molecular complexity index is 506. The lowest BCUT2D eigenvalue weighted by Gasteiger charge is -2.32. The maximum Gasteiger partial charge on any atom is 0.222 e. The van der Waals surface area contributed by atoms with E-state index in [1.54, 1.807) is 7.05 Å². The predicted octanol–water partition coefficient (Wildman–Crippen LogP) is 0.899. The van der Waals surface area contributed by atoms with Gasteiger partial charge in [0.05, 0.1) is 0 Å². The summed E-state index contributed by atoms with van der Waals surface area (Å²) >= 11 is 0. The van der Waals surface area contributed by atoms with Gasteiger partial charge in [0.2, 0.25) is 5.91 Å². The van der Waals surface area contributed by atoms with Crippen molar-refractivity contribution in [3.05, 3.63) is 11.9 Å². The number of hydrogen-bond donors (Lipinski definition) is 2. The van der Waals surface area contributed by atoms with Crippen molar-refractivity contribution in [2.75, 3.05) is 30.8 Å². The Kier molecular flexibility index (Phi) is 3.46. The molecule has 2 heterocycles. The molecule has 0 unspecified atom stereocenters. The van der Waals surface area contributed by atoms with Gasteiger partial charge in [-0.15, -0.1) is 0 Å². The van der Waals surface area contributed by atoms with Gasteiger partial charge < -0.3 is 16.0 Å². The number of anilines is 2. The second kappa shape index (κ2) is 5.26. The van der Waals surface area contributed by atoms with Gasteiger partial charge >= 0.3 is 0 Å². The highest BCUT2D eigenvalue weighted by Gasteiger charge is 2.29. The van der Waals surface area contributed by atoms with Crippen LogP contribution < -0.4 is 16.0 Å². The molecule has 2 aliphatic rings. The van der Waals surface area contributed by atoms with E-state index in [1.165, 1.54) is 12.8 Å². The summed E-state index contributed by atoms with van der Waals surface area (Å²) in [6, 6.07) is 1.84.